The summed E-state index contributed by atoms with van der Waals surface area (Å²) in [7, 11) is 3.81. The Bertz CT molecular complexity index is 5750. The van der Waals surface area contributed by atoms with Gasteiger partial charge in [0.05, 0.1) is 29.9 Å². The lowest BCUT2D eigenvalue weighted by Crippen LogP contribution is -2.65. The van der Waals surface area contributed by atoms with Crippen molar-refractivity contribution in [2.75, 3.05) is 73.2 Å². The molecule has 4 fully saturated rings. The van der Waals surface area contributed by atoms with Gasteiger partial charge in [0.15, 0.2) is 29.3 Å². The summed E-state index contributed by atoms with van der Waals surface area (Å²) >= 11 is 14.9. The molecule has 0 aliphatic carbocycles. The summed E-state index contributed by atoms with van der Waals surface area (Å²) in [5, 5.41) is 179. The number of hydrogen-bond acceptors (Lipinski definition) is 35. The van der Waals surface area contributed by atoms with E-state index in [0.29, 0.717) is 38.3 Å². The van der Waals surface area contributed by atoms with Gasteiger partial charge in [0.25, 0.3) is 0 Å². The van der Waals surface area contributed by atoms with Gasteiger partial charge < -0.3 is 172 Å². The molecule has 7 aromatic carbocycles. The van der Waals surface area contributed by atoms with Gasteiger partial charge in [-0.05, 0) is 170 Å². The summed E-state index contributed by atoms with van der Waals surface area (Å²) in [6.07, 6.45) is -24.0. The molecule has 44 nitrogen and oxygen atoms in total. The number of rotatable bonds is 27. The molecule has 772 valence electrons. The van der Waals surface area contributed by atoms with Crippen LogP contribution in [0.2, 0.25) is 10.0 Å². The van der Waals surface area contributed by atoms with Crippen molar-refractivity contribution in [2.24, 2.45) is 11.7 Å². The molecular formula is C97H118Cl2N12O32. The predicted molar refractivity (Wildman–Crippen MR) is 503 cm³/mol. The van der Waals surface area contributed by atoms with Crippen LogP contribution in [-0.4, -0.2) is 317 Å². The minimum atomic E-state index is -2.53. The number of aliphatic hydroxyl groups is 10. The molecule has 0 radical (unpaired) electrons. The van der Waals surface area contributed by atoms with Crippen molar-refractivity contribution in [1.82, 2.24) is 57.2 Å². The molecule has 9 aliphatic heterocycles. The Morgan fingerprint density at radius 2 is 1.08 bits per heavy atom. The lowest BCUT2D eigenvalue weighted by molar-refractivity contribution is -0.284. The SMILES string of the molecule is CC(=O)NC1C(OC2c3ccc(c(Cl)c3)Oc3cc4cc(c3OC3OC(CO)C(O)C(O)C3NC(=O)CCCCCCC(C)C)Oc3ccc(cc3Cl)CC3NC(=O)C(N)c5ccc(O)c(c5)Oc5cc(O)cc(c5)C(NC3=O)C(=O)NC4C(=O)NC(c3ccc(O)cc3)C(=O)NC2C(=O)NC(C(=O)N2CCN(CCCN(C)C)CC2)c2cc(O)cc(OC3OC(CO)C(O)C(O)C3O)c2)OC(CO)C(O)C1O. The maximum absolute atomic E-state index is 17.0. The van der Waals surface area contributed by atoms with E-state index < -0.39 is 282 Å². The molecule has 46 heteroatoms. The highest BCUT2D eigenvalue weighted by Crippen LogP contribution is 2.50. The zero-order chi connectivity index (χ0) is 103. The second-order valence-electron chi connectivity index (χ2n) is 36.8. The third-order valence-electron chi connectivity index (χ3n) is 25.6. The van der Waals surface area contributed by atoms with Crippen LogP contribution in [-0.2, 0) is 68.5 Å². The Balaban J connectivity index is 0.991. The highest BCUT2D eigenvalue weighted by Gasteiger charge is 2.52. The van der Waals surface area contributed by atoms with E-state index in [1.165, 1.54) is 41.3 Å². The first-order chi connectivity index (χ1) is 68.2. The third-order valence-corrected chi connectivity index (χ3v) is 26.2. The maximum atomic E-state index is 17.0. The zero-order valence-electron chi connectivity index (χ0n) is 78.3. The number of fused-ring (bicyclic) bond motifs is 15. The summed E-state index contributed by atoms with van der Waals surface area (Å²) in [5.74, 6) is -16.3. The molecule has 16 rings (SSSR count). The molecule has 143 heavy (non-hydrogen) atoms. The van der Waals surface area contributed by atoms with E-state index in [9.17, 15) is 85.9 Å². The number of piperazine rings is 1. The Labute approximate surface area is 829 Å². The largest absolute Gasteiger partial charge is 0.508 e. The first-order valence-corrected chi connectivity index (χ1v) is 47.4. The van der Waals surface area contributed by atoms with Crippen molar-refractivity contribution < 1.29 is 157 Å². The Hall–Kier alpha value is -12.1. The molecule has 0 aromatic heterocycles. The number of aromatic hydroxyl groups is 4. The molecule has 23 atom stereocenters. The van der Waals surface area contributed by atoms with Gasteiger partial charge >= 0.3 is 0 Å². The summed E-state index contributed by atoms with van der Waals surface area (Å²) in [6.45, 7) is 3.95. The minimum absolute atomic E-state index is 0.0202. The lowest BCUT2D eigenvalue weighted by Gasteiger charge is -2.44. The van der Waals surface area contributed by atoms with Crippen LogP contribution < -0.4 is 72.0 Å². The third kappa shape index (κ3) is 25.6. The van der Waals surface area contributed by atoms with Crippen LogP contribution in [0, 0.1) is 5.92 Å². The monoisotopic (exact) mass is 2030 g/mol. The number of ether oxygens (including phenoxy) is 9. The average Bonchev–Trinajstić information content (AvgIpc) is 0.766. The van der Waals surface area contributed by atoms with Crippen molar-refractivity contribution in [2.45, 2.75) is 213 Å². The number of hydrogen-bond donors (Lipinski definition) is 23. The van der Waals surface area contributed by atoms with E-state index in [1.807, 2.05) is 19.0 Å². The number of phenolic OH excluding ortho intramolecular Hbond substituents is 4. The number of carbonyl (C=O) groups excluding carboxylic acids is 9. The van der Waals surface area contributed by atoms with E-state index in [0.717, 1.165) is 117 Å². The van der Waals surface area contributed by atoms with Gasteiger partial charge in [-0.1, -0.05) is 93.1 Å². The van der Waals surface area contributed by atoms with Crippen LogP contribution in [0.5, 0.6) is 69.0 Å². The van der Waals surface area contributed by atoms with Gasteiger partial charge in [-0.2, -0.15) is 0 Å². The Morgan fingerprint density at radius 1 is 0.517 bits per heavy atom. The molecule has 9 amide bonds. The fraction of sp³-hybridized carbons (Fsp3) is 0.474. The normalized spacial score (nSPS) is 27.7. The maximum Gasteiger partial charge on any atom is 0.249 e. The highest BCUT2D eigenvalue weighted by molar-refractivity contribution is 6.32. The van der Waals surface area contributed by atoms with Gasteiger partial charge in [-0.3, -0.25) is 48.1 Å². The zero-order valence-corrected chi connectivity index (χ0v) is 79.8. The second kappa shape index (κ2) is 47.2. The molecule has 7 aromatic rings. The number of phenols is 4. The molecule has 0 saturated carbocycles. The van der Waals surface area contributed by atoms with Crippen molar-refractivity contribution in [3.05, 3.63) is 176 Å². The topological polar surface area (TPSA) is 652 Å². The summed E-state index contributed by atoms with van der Waals surface area (Å²) in [4.78, 5) is 147. The van der Waals surface area contributed by atoms with E-state index in [2.05, 4.69) is 61.3 Å². The van der Waals surface area contributed by atoms with Crippen LogP contribution in [0.3, 0.4) is 0 Å². The number of amides is 9. The minimum Gasteiger partial charge on any atom is -0.508 e. The van der Waals surface area contributed by atoms with Crippen molar-refractivity contribution in [3.63, 3.8) is 0 Å². The van der Waals surface area contributed by atoms with E-state index >= 15 is 28.8 Å². The molecule has 13 bridgehead atoms. The van der Waals surface area contributed by atoms with Gasteiger partial charge in [0.1, 0.15) is 162 Å². The van der Waals surface area contributed by atoms with Crippen LogP contribution in [0.4, 0.5) is 0 Å². The van der Waals surface area contributed by atoms with Crippen LogP contribution in [0.25, 0.3) is 0 Å². The van der Waals surface area contributed by atoms with Crippen molar-refractivity contribution in [3.8, 4) is 69.0 Å². The molecule has 0 spiro atoms. The summed E-state index contributed by atoms with van der Waals surface area (Å²) in [6, 6.07) is 5.29. The van der Waals surface area contributed by atoms with Crippen molar-refractivity contribution in [1.29, 1.82) is 0 Å². The highest BCUT2D eigenvalue weighted by atomic mass is 35.5. The first-order valence-electron chi connectivity index (χ1n) is 46.7. The summed E-state index contributed by atoms with van der Waals surface area (Å²) in [5.41, 5.74) is 5.02. The number of carbonyl (C=O) groups is 9. The standard InChI is InChI=1S/C97H118Cl2N12O32/c1-44(2)11-8-6-7-9-12-70(120)103-77-83(125)80(122)68(42-113)140-96(77)143-87-65-37-52-38-66(87)138-63-22-17-49(35-59(63)99)86(142-95-76(101-45(3)115)82(124)79(121)67(41-112)139-95)78(93(133)107-75(94(134)111-27-25-110(26-28-111)24-10-23-109(4)5)51-32-55(118)40-57(34-51)136-97-85(127)84(126)81(123)69(43-114)141-97)108-90(130)72(47-14-18-53(116)19-15-47)105-92(132)74(52)106-91(131)73-50-31-54(117)39-56(33-50)135-64-36-48(16-20-61(64)119)71(100)89(129)102-60(88(128)104-73)30-46-13-21-62(137-65)58(98)29-46/h13-22,29,31-40,44,60,67-69,71-86,95-97,112-114,116-119,121-127H,6-12,23-28,30,41-43,100H2,1-5H3,(H,101,115)(H,102,129)(H,103,120)(H,104,128)(H,105,132)(H,106,131)(H,107,133)(H,108,130). The molecule has 9 heterocycles. The number of benzene rings is 7. The fourth-order valence-electron chi connectivity index (χ4n) is 17.8. The number of nitrogens with one attached hydrogen (secondary N) is 8. The van der Waals surface area contributed by atoms with E-state index in [4.69, 9.17) is 71.6 Å². The molecule has 23 unspecified atom stereocenters. The molecule has 24 N–H and O–H groups in total. The number of aliphatic hydroxyl groups excluding tert-OH is 10. The smallest absolute Gasteiger partial charge is 0.249 e. The predicted octanol–water partition coefficient (Wildman–Crippen LogP) is 1.05. The number of unbranched alkanes of at least 4 members (excludes halogenated alkanes) is 3. The van der Waals surface area contributed by atoms with Gasteiger partial charge in [-0.15, -0.1) is 0 Å². The van der Waals surface area contributed by atoms with Crippen molar-refractivity contribution >= 4 is 76.4 Å². The second-order valence-corrected chi connectivity index (χ2v) is 37.6. The van der Waals surface area contributed by atoms with Crippen LogP contribution in [0.15, 0.2) is 127 Å². The molecule has 4 saturated heterocycles. The van der Waals surface area contributed by atoms with Gasteiger partial charge in [0, 0.05) is 58.1 Å². The quantitative estimate of drug-likeness (QED) is 0.0320. The Morgan fingerprint density at radius 3 is 1.70 bits per heavy atom. The molecule has 9 aliphatic rings. The van der Waals surface area contributed by atoms with Gasteiger partial charge in [-0.25, -0.2) is 0 Å². The Kier molecular flexibility index (Phi) is 35.2. The molecular weight excluding hydrogens is 1920 g/mol. The van der Waals surface area contributed by atoms with Gasteiger partial charge in [0.2, 0.25) is 71.5 Å². The average molecular weight is 2030 g/mol. The fourth-order valence-corrected chi connectivity index (χ4v) is 18.3. The number of nitrogens with zero attached hydrogens (tertiary/aromatic N) is 3. The van der Waals surface area contributed by atoms with Crippen LogP contribution in [0.1, 0.15) is 141 Å². The number of halogens is 2. The lowest BCUT2D eigenvalue weighted by atomic mass is 9.95. The van der Waals surface area contributed by atoms with E-state index in [-0.39, 0.29) is 88.3 Å². The summed E-state index contributed by atoms with van der Waals surface area (Å²) < 4.78 is 57.9. The van der Waals surface area contributed by atoms with Crippen LogP contribution >= 0.6 is 23.2 Å². The first kappa shape index (κ1) is 107. The van der Waals surface area contributed by atoms with E-state index in [1.54, 1.807) is 0 Å². The number of nitrogens with two attached hydrogens (primary N) is 1.